The normalized spacial score (nSPS) is 16.3. The average molecular weight is 437 g/mol. The van der Waals surface area contributed by atoms with E-state index in [1.807, 2.05) is 36.1 Å². The van der Waals surface area contributed by atoms with Crippen molar-refractivity contribution < 1.29 is 13.7 Å². The largest absolute Gasteiger partial charge is 0.497 e. The molecular weight excluding hydrogens is 415 g/mol. The van der Waals surface area contributed by atoms with E-state index in [9.17, 15) is 4.39 Å². The Balaban J connectivity index is 1.83. The summed E-state index contributed by atoms with van der Waals surface area (Å²) in [5.41, 5.74) is 3.11. The van der Waals surface area contributed by atoms with E-state index in [4.69, 9.17) is 21.5 Å². The lowest BCUT2D eigenvalue weighted by Crippen LogP contribution is -2.45. The number of hydrogen-bond donors (Lipinski definition) is 1. The molecule has 4 rings (SSSR count). The van der Waals surface area contributed by atoms with E-state index in [1.165, 1.54) is 12.1 Å². The molecule has 3 aromatic rings. The number of allylic oxidation sites excluding steroid dienone is 1. The molecule has 0 radical (unpaired) electrons. The molecule has 1 aromatic heterocycles. The second-order valence-corrected chi connectivity index (χ2v) is 7.38. The van der Waals surface area contributed by atoms with E-state index in [-0.39, 0.29) is 11.9 Å². The van der Waals surface area contributed by atoms with Crippen LogP contribution in [0.15, 0.2) is 71.4 Å². The van der Waals surface area contributed by atoms with Crippen LogP contribution in [0.5, 0.6) is 5.75 Å². The molecule has 0 aliphatic carbocycles. The third-order valence-electron chi connectivity index (χ3n) is 5.07. The molecule has 1 aliphatic rings. The van der Waals surface area contributed by atoms with Crippen LogP contribution < -0.4 is 10.1 Å². The predicted molar refractivity (Wildman–Crippen MR) is 121 cm³/mol. The number of ether oxygens (including phenoxy) is 1. The van der Waals surface area contributed by atoms with Crippen LogP contribution in [0.25, 0.3) is 17.0 Å². The summed E-state index contributed by atoms with van der Waals surface area (Å²) in [5, 5.41) is 8.01. The zero-order valence-electron chi connectivity index (χ0n) is 17.1. The second-order valence-electron chi connectivity index (χ2n) is 6.99. The molecule has 1 unspecified atom stereocenters. The summed E-state index contributed by atoms with van der Waals surface area (Å²) >= 11 is 5.60. The number of nitrogens with one attached hydrogen (secondary N) is 1. The quantitative estimate of drug-likeness (QED) is 0.443. The van der Waals surface area contributed by atoms with Crippen molar-refractivity contribution >= 4 is 22.9 Å². The van der Waals surface area contributed by atoms with Gasteiger partial charge in [0.05, 0.1) is 18.7 Å². The first-order valence-electron chi connectivity index (χ1n) is 9.65. The van der Waals surface area contributed by atoms with E-state index in [0.29, 0.717) is 28.9 Å². The highest BCUT2D eigenvalue weighted by Crippen LogP contribution is 2.38. The van der Waals surface area contributed by atoms with Crippen molar-refractivity contribution in [3.63, 3.8) is 0 Å². The summed E-state index contributed by atoms with van der Waals surface area (Å²) in [7, 11) is 1.62. The third kappa shape index (κ3) is 4.06. The standard InChI is InChI=1S/C23H21FN4O2S/c1-4-11-28-14(2)19(20(25-23(28)31)15-7-6-10-18(13-15)29-3)22-26-21(27-30-22)16-8-5-9-17(24)12-16/h4-10,12-13,20H,1,11H2,2-3H3,(H,25,31). The molecule has 1 atom stereocenters. The van der Waals surface area contributed by atoms with E-state index in [2.05, 4.69) is 22.0 Å². The molecule has 158 valence electrons. The van der Waals surface area contributed by atoms with Gasteiger partial charge in [-0.3, -0.25) is 0 Å². The fourth-order valence-electron chi connectivity index (χ4n) is 3.56. The van der Waals surface area contributed by atoms with Crippen molar-refractivity contribution in [2.45, 2.75) is 13.0 Å². The first kappa shape index (κ1) is 20.7. The van der Waals surface area contributed by atoms with Crippen LogP contribution in [0.2, 0.25) is 0 Å². The fourth-order valence-corrected chi connectivity index (χ4v) is 3.89. The van der Waals surface area contributed by atoms with E-state index < -0.39 is 0 Å². The lowest BCUT2D eigenvalue weighted by Gasteiger charge is -2.36. The minimum Gasteiger partial charge on any atom is -0.497 e. The Morgan fingerprint density at radius 2 is 2.10 bits per heavy atom. The maximum absolute atomic E-state index is 13.7. The number of benzene rings is 2. The summed E-state index contributed by atoms with van der Waals surface area (Å²) < 4.78 is 24.7. The van der Waals surface area contributed by atoms with Gasteiger partial charge in [0, 0.05) is 17.8 Å². The van der Waals surface area contributed by atoms with Gasteiger partial charge in [0.25, 0.3) is 5.89 Å². The Bertz CT molecular complexity index is 1170. The molecular formula is C23H21FN4O2S. The molecule has 0 bridgehead atoms. The fraction of sp³-hybridized carbons (Fsp3) is 0.174. The lowest BCUT2D eigenvalue weighted by atomic mass is 9.94. The zero-order valence-corrected chi connectivity index (χ0v) is 17.9. The summed E-state index contributed by atoms with van der Waals surface area (Å²) in [6.07, 6.45) is 1.77. The second kappa shape index (κ2) is 8.69. The number of thiocarbonyl (C=S) groups is 1. The molecule has 2 aromatic carbocycles. The predicted octanol–water partition coefficient (Wildman–Crippen LogP) is 4.73. The van der Waals surface area contributed by atoms with E-state index in [0.717, 1.165) is 22.6 Å². The highest BCUT2D eigenvalue weighted by molar-refractivity contribution is 7.80. The van der Waals surface area contributed by atoms with Crippen LogP contribution >= 0.6 is 12.2 Å². The molecule has 0 saturated carbocycles. The topological polar surface area (TPSA) is 63.4 Å². The minimum absolute atomic E-state index is 0.308. The third-order valence-corrected chi connectivity index (χ3v) is 5.41. The van der Waals surface area contributed by atoms with Gasteiger partial charge in [-0.15, -0.1) is 6.58 Å². The molecule has 8 heteroatoms. The maximum Gasteiger partial charge on any atom is 0.258 e. The summed E-state index contributed by atoms with van der Waals surface area (Å²) in [6, 6.07) is 13.4. The van der Waals surface area contributed by atoms with Gasteiger partial charge < -0.3 is 19.5 Å². The van der Waals surface area contributed by atoms with Crippen molar-refractivity contribution in [1.82, 2.24) is 20.4 Å². The Morgan fingerprint density at radius 3 is 2.84 bits per heavy atom. The van der Waals surface area contributed by atoms with Gasteiger partial charge in [-0.2, -0.15) is 4.98 Å². The molecule has 1 N–H and O–H groups in total. The Morgan fingerprint density at radius 1 is 1.29 bits per heavy atom. The first-order valence-corrected chi connectivity index (χ1v) is 10.1. The Labute approximate surface area is 185 Å². The van der Waals surface area contributed by atoms with Crippen LogP contribution in [0.1, 0.15) is 24.4 Å². The van der Waals surface area contributed by atoms with Crippen LogP contribution in [0.3, 0.4) is 0 Å². The van der Waals surface area contributed by atoms with Gasteiger partial charge in [-0.05, 0) is 49.0 Å². The summed E-state index contributed by atoms with van der Waals surface area (Å²) in [6.45, 7) is 6.29. The molecule has 0 amide bonds. The number of halogens is 1. The minimum atomic E-state index is -0.365. The van der Waals surface area contributed by atoms with Crippen molar-refractivity contribution in [2.24, 2.45) is 0 Å². The van der Waals surface area contributed by atoms with Crippen molar-refractivity contribution in [2.75, 3.05) is 13.7 Å². The Hall–Kier alpha value is -3.52. The number of rotatable bonds is 6. The Kier molecular flexibility index (Phi) is 5.81. The van der Waals surface area contributed by atoms with Gasteiger partial charge in [0.1, 0.15) is 11.6 Å². The van der Waals surface area contributed by atoms with Crippen LogP contribution in [-0.2, 0) is 0 Å². The molecule has 1 aliphatic heterocycles. The van der Waals surface area contributed by atoms with E-state index >= 15 is 0 Å². The van der Waals surface area contributed by atoms with Gasteiger partial charge in [-0.1, -0.05) is 35.5 Å². The van der Waals surface area contributed by atoms with Crippen LogP contribution in [0.4, 0.5) is 4.39 Å². The van der Waals surface area contributed by atoms with Crippen LogP contribution in [-0.4, -0.2) is 33.8 Å². The summed E-state index contributed by atoms with van der Waals surface area (Å²) in [4.78, 5) is 6.48. The average Bonchev–Trinajstić information content (AvgIpc) is 3.26. The highest BCUT2D eigenvalue weighted by Gasteiger charge is 2.33. The van der Waals surface area contributed by atoms with Gasteiger partial charge in [-0.25, -0.2) is 4.39 Å². The number of aromatic nitrogens is 2. The number of methoxy groups -OCH3 is 1. The van der Waals surface area contributed by atoms with Crippen LogP contribution in [0, 0.1) is 5.82 Å². The first-order chi connectivity index (χ1) is 15.0. The summed E-state index contributed by atoms with van der Waals surface area (Å²) in [5.74, 6) is 0.994. The molecule has 0 fully saturated rings. The monoisotopic (exact) mass is 436 g/mol. The maximum atomic E-state index is 13.7. The highest BCUT2D eigenvalue weighted by atomic mass is 32.1. The molecule has 6 nitrogen and oxygen atoms in total. The molecule has 0 saturated heterocycles. The molecule has 31 heavy (non-hydrogen) atoms. The molecule has 2 heterocycles. The SMILES string of the molecule is C=CCN1C(=S)NC(c2cccc(OC)c2)C(c2nc(-c3cccc(F)c3)no2)=C1C. The van der Waals surface area contributed by atoms with Crippen molar-refractivity contribution in [3.05, 3.63) is 84.2 Å². The zero-order chi connectivity index (χ0) is 22.0. The number of nitrogens with zero attached hydrogens (tertiary/aromatic N) is 3. The molecule has 0 spiro atoms. The van der Waals surface area contributed by atoms with Crippen molar-refractivity contribution in [3.8, 4) is 17.1 Å². The number of hydrogen-bond acceptors (Lipinski definition) is 5. The lowest BCUT2D eigenvalue weighted by molar-refractivity contribution is 0.398. The van der Waals surface area contributed by atoms with Gasteiger partial charge in [0.2, 0.25) is 5.82 Å². The van der Waals surface area contributed by atoms with E-state index in [1.54, 1.807) is 25.3 Å². The van der Waals surface area contributed by atoms with Gasteiger partial charge in [0.15, 0.2) is 5.11 Å². The smallest absolute Gasteiger partial charge is 0.258 e. The van der Waals surface area contributed by atoms with Crippen molar-refractivity contribution in [1.29, 1.82) is 0 Å². The van der Waals surface area contributed by atoms with Gasteiger partial charge >= 0.3 is 0 Å².